The van der Waals surface area contributed by atoms with Crippen LogP contribution in [0.15, 0.2) is 0 Å². The number of carbonyl (C=O) groups is 1. The van der Waals surface area contributed by atoms with Crippen molar-refractivity contribution in [2.45, 2.75) is 45.6 Å². The number of aliphatic hydroxyl groups is 1. The zero-order valence-corrected chi connectivity index (χ0v) is 8.73. The summed E-state index contributed by atoms with van der Waals surface area (Å²) in [6.45, 7) is 4.56. The second kappa shape index (κ2) is 4.47. The summed E-state index contributed by atoms with van der Waals surface area (Å²) >= 11 is 0. The van der Waals surface area contributed by atoms with Gasteiger partial charge in [-0.05, 0) is 5.41 Å². The number of carbonyl (C=O) groups excluding carboxylic acids is 1. The van der Waals surface area contributed by atoms with Crippen LogP contribution in [0.4, 0.5) is 17.6 Å². The Morgan fingerprint density at radius 2 is 1.67 bits per heavy atom. The molecule has 90 valence electrons. The van der Waals surface area contributed by atoms with Crippen LogP contribution in [0.5, 0.6) is 0 Å². The lowest BCUT2D eigenvalue weighted by atomic mass is 9.85. The lowest BCUT2D eigenvalue weighted by molar-refractivity contribution is -0.170. The zero-order valence-electron chi connectivity index (χ0n) is 8.73. The van der Waals surface area contributed by atoms with Crippen LogP contribution in [-0.4, -0.2) is 29.3 Å². The summed E-state index contributed by atoms with van der Waals surface area (Å²) in [5.74, 6) is -6.60. The molecule has 0 aromatic rings. The average Bonchev–Trinajstić information content (AvgIpc) is 2.01. The molecular formula is C9H14F4O2. The van der Waals surface area contributed by atoms with Gasteiger partial charge >= 0.3 is 12.3 Å². The van der Waals surface area contributed by atoms with Crippen LogP contribution in [0.1, 0.15) is 27.2 Å². The Morgan fingerprint density at radius 1 is 1.27 bits per heavy atom. The van der Waals surface area contributed by atoms with E-state index >= 15 is 0 Å². The molecule has 1 atom stereocenters. The highest BCUT2D eigenvalue weighted by Crippen LogP contribution is 2.29. The maximum atomic E-state index is 12.5. The molecule has 0 aliphatic heterocycles. The number of halogens is 4. The molecule has 0 aromatic heterocycles. The number of rotatable bonds is 4. The van der Waals surface area contributed by atoms with Crippen LogP contribution in [-0.2, 0) is 4.79 Å². The highest BCUT2D eigenvalue weighted by Gasteiger charge is 2.49. The Hall–Kier alpha value is -0.650. The monoisotopic (exact) mass is 230 g/mol. The van der Waals surface area contributed by atoms with Crippen molar-refractivity contribution < 1.29 is 27.5 Å². The van der Waals surface area contributed by atoms with Crippen LogP contribution in [0.3, 0.4) is 0 Å². The smallest absolute Gasteiger partial charge is 0.364 e. The van der Waals surface area contributed by atoms with Crippen LogP contribution < -0.4 is 0 Å². The summed E-state index contributed by atoms with van der Waals surface area (Å²) in [5, 5.41) is 9.30. The third kappa shape index (κ3) is 3.77. The van der Waals surface area contributed by atoms with E-state index in [1.807, 2.05) is 0 Å². The first-order valence-electron chi connectivity index (χ1n) is 4.37. The van der Waals surface area contributed by atoms with Crippen molar-refractivity contribution in [2.75, 3.05) is 0 Å². The minimum absolute atomic E-state index is 0.798. The van der Waals surface area contributed by atoms with Gasteiger partial charge in [0.15, 0.2) is 0 Å². The largest absolute Gasteiger partial charge is 0.392 e. The molecule has 0 amide bonds. The lowest BCUT2D eigenvalue weighted by Gasteiger charge is -2.26. The molecule has 15 heavy (non-hydrogen) atoms. The Labute approximate surface area is 85.3 Å². The van der Waals surface area contributed by atoms with E-state index in [0.717, 1.165) is 0 Å². The van der Waals surface area contributed by atoms with Crippen molar-refractivity contribution in [3.63, 3.8) is 0 Å². The summed E-state index contributed by atoms with van der Waals surface area (Å²) in [6, 6.07) is 0. The molecule has 0 saturated heterocycles. The highest BCUT2D eigenvalue weighted by molar-refractivity contribution is 5.86. The van der Waals surface area contributed by atoms with E-state index in [9.17, 15) is 27.5 Å². The number of aliphatic hydroxyl groups excluding tert-OH is 1. The summed E-state index contributed by atoms with van der Waals surface area (Å²) in [4.78, 5) is 10.8. The SMILES string of the molecule is CC(C)(C)[C@@H](O)CC(=O)C(F)(F)C(F)F. The van der Waals surface area contributed by atoms with Crippen LogP contribution in [0.2, 0.25) is 0 Å². The Kier molecular flexibility index (Phi) is 4.27. The Balaban J connectivity index is 4.51. The molecule has 1 N–H and O–H groups in total. The van der Waals surface area contributed by atoms with Gasteiger partial charge < -0.3 is 5.11 Å². The third-order valence-corrected chi connectivity index (χ3v) is 2.02. The maximum Gasteiger partial charge on any atom is 0.364 e. The molecule has 0 bridgehead atoms. The molecular weight excluding hydrogens is 216 g/mol. The van der Waals surface area contributed by atoms with E-state index in [1.165, 1.54) is 20.8 Å². The first kappa shape index (κ1) is 14.3. The number of hydrogen-bond acceptors (Lipinski definition) is 2. The molecule has 0 rings (SSSR count). The van der Waals surface area contributed by atoms with Gasteiger partial charge in [-0.1, -0.05) is 20.8 Å². The third-order valence-electron chi connectivity index (χ3n) is 2.02. The van der Waals surface area contributed by atoms with Crippen molar-refractivity contribution >= 4 is 5.78 Å². The quantitative estimate of drug-likeness (QED) is 0.752. The predicted octanol–water partition coefficient (Wildman–Crippen LogP) is 2.25. The molecule has 0 spiro atoms. The molecule has 0 aliphatic carbocycles. The summed E-state index contributed by atoms with van der Waals surface area (Å²) < 4.78 is 48.5. The van der Waals surface area contributed by atoms with E-state index < -0.39 is 36.1 Å². The number of Topliss-reactive ketones (excluding diaryl/α,β-unsaturated/α-hetero) is 1. The minimum Gasteiger partial charge on any atom is -0.392 e. The molecule has 6 heteroatoms. The molecule has 2 nitrogen and oxygen atoms in total. The molecule has 0 radical (unpaired) electrons. The fraction of sp³-hybridized carbons (Fsp3) is 0.889. The number of ketones is 1. The predicted molar refractivity (Wildman–Crippen MR) is 46.0 cm³/mol. The summed E-state index contributed by atoms with van der Waals surface area (Å²) in [6.07, 6.45) is -6.37. The molecule has 0 heterocycles. The van der Waals surface area contributed by atoms with E-state index in [4.69, 9.17) is 0 Å². The summed E-state index contributed by atoms with van der Waals surface area (Å²) in [5.41, 5.74) is -0.798. The van der Waals surface area contributed by atoms with E-state index in [1.54, 1.807) is 0 Å². The van der Waals surface area contributed by atoms with Gasteiger partial charge in [0.2, 0.25) is 5.78 Å². The topological polar surface area (TPSA) is 37.3 Å². The fourth-order valence-electron chi connectivity index (χ4n) is 0.740. The first-order chi connectivity index (χ1) is 6.49. The zero-order chi connectivity index (χ0) is 12.4. The van der Waals surface area contributed by atoms with Gasteiger partial charge in [-0.15, -0.1) is 0 Å². The van der Waals surface area contributed by atoms with Crippen LogP contribution in [0.25, 0.3) is 0 Å². The molecule has 0 unspecified atom stereocenters. The van der Waals surface area contributed by atoms with Crippen LogP contribution >= 0.6 is 0 Å². The maximum absolute atomic E-state index is 12.5. The van der Waals surface area contributed by atoms with Gasteiger partial charge in [-0.3, -0.25) is 4.79 Å². The Morgan fingerprint density at radius 3 is 1.93 bits per heavy atom. The Bertz CT molecular complexity index is 233. The average molecular weight is 230 g/mol. The summed E-state index contributed by atoms with van der Waals surface area (Å²) in [7, 11) is 0. The molecule has 0 aromatic carbocycles. The lowest BCUT2D eigenvalue weighted by Crippen LogP contribution is -2.40. The first-order valence-corrected chi connectivity index (χ1v) is 4.37. The van der Waals surface area contributed by atoms with E-state index in [2.05, 4.69) is 0 Å². The second-order valence-electron chi connectivity index (χ2n) is 4.43. The van der Waals surface area contributed by atoms with E-state index in [0.29, 0.717) is 0 Å². The minimum atomic E-state index is -4.67. The number of hydrogen-bond donors (Lipinski definition) is 1. The van der Waals surface area contributed by atoms with Gasteiger partial charge in [0.25, 0.3) is 0 Å². The van der Waals surface area contributed by atoms with E-state index in [-0.39, 0.29) is 0 Å². The van der Waals surface area contributed by atoms with Crippen molar-refractivity contribution in [3.8, 4) is 0 Å². The second-order valence-corrected chi connectivity index (χ2v) is 4.43. The van der Waals surface area contributed by atoms with Gasteiger partial charge in [-0.25, -0.2) is 8.78 Å². The number of alkyl halides is 4. The van der Waals surface area contributed by atoms with Gasteiger partial charge in [0.05, 0.1) is 6.10 Å². The standard InChI is InChI=1S/C9H14F4O2/c1-8(2,3)5(14)4-6(15)9(12,13)7(10)11/h5,7,14H,4H2,1-3H3/t5-/m0/s1. The fourth-order valence-corrected chi connectivity index (χ4v) is 0.740. The highest BCUT2D eigenvalue weighted by atomic mass is 19.3. The van der Waals surface area contributed by atoms with Gasteiger partial charge in [0, 0.05) is 6.42 Å². The molecule has 0 aliphatic rings. The van der Waals surface area contributed by atoms with Gasteiger partial charge in [0.1, 0.15) is 0 Å². The van der Waals surface area contributed by atoms with Crippen molar-refractivity contribution in [1.82, 2.24) is 0 Å². The van der Waals surface area contributed by atoms with Crippen LogP contribution in [0, 0.1) is 5.41 Å². The van der Waals surface area contributed by atoms with Gasteiger partial charge in [-0.2, -0.15) is 8.78 Å². The normalized spacial score (nSPS) is 15.5. The van der Waals surface area contributed by atoms with Crippen molar-refractivity contribution in [3.05, 3.63) is 0 Å². The molecule has 0 saturated carbocycles. The van der Waals surface area contributed by atoms with Crippen molar-refractivity contribution in [1.29, 1.82) is 0 Å². The molecule has 0 fully saturated rings. The van der Waals surface area contributed by atoms with Crippen molar-refractivity contribution in [2.24, 2.45) is 5.41 Å².